The van der Waals surface area contributed by atoms with Crippen molar-refractivity contribution in [3.05, 3.63) is 111 Å². The predicted molar refractivity (Wildman–Crippen MR) is 254 cm³/mol. The van der Waals surface area contributed by atoms with Crippen molar-refractivity contribution < 1.29 is 31.5 Å². The van der Waals surface area contributed by atoms with Crippen LogP contribution in [0.2, 0.25) is 0 Å². The lowest BCUT2D eigenvalue weighted by Crippen LogP contribution is -2.49. The first-order chi connectivity index (χ1) is 33.2. The van der Waals surface area contributed by atoms with E-state index < -0.39 is 51.0 Å². The number of aryl methyl sites for hydroxylation is 1. The summed E-state index contributed by atoms with van der Waals surface area (Å²) in [6, 6.07) is 21.1. The maximum Gasteiger partial charge on any atom is 0.329 e. The number of amides is 2. The number of hydrogen-bond acceptors (Lipinski definition) is 12. The fourth-order valence-corrected chi connectivity index (χ4v) is 11.2. The van der Waals surface area contributed by atoms with Crippen LogP contribution in [0.3, 0.4) is 0 Å². The molecule has 0 bridgehead atoms. The number of halogens is 2. The number of ether oxygens (including phenoxy) is 1. The Kier molecular flexibility index (Phi) is 12.2. The number of nitrogens with one attached hydrogen (secondary N) is 2. The zero-order valence-corrected chi connectivity index (χ0v) is 38.5. The lowest BCUT2D eigenvalue weighted by atomic mass is 9.95. The van der Waals surface area contributed by atoms with Gasteiger partial charge in [0.05, 0.1) is 33.3 Å². The topological polar surface area (TPSA) is 200 Å². The Morgan fingerprint density at radius 2 is 1.57 bits per heavy atom. The minimum atomic E-state index is -4.24. The number of piperazine rings is 1. The summed E-state index contributed by atoms with van der Waals surface area (Å²) in [6.07, 6.45) is 2.73. The highest BCUT2D eigenvalue weighted by molar-refractivity contribution is 7.90. The first-order valence-corrected chi connectivity index (χ1v) is 24.4. The average Bonchev–Trinajstić information content (AvgIpc) is 3.90. The van der Waals surface area contributed by atoms with Gasteiger partial charge in [0.15, 0.2) is 11.6 Å². The zero-order chi connectivity index (χ0) is 48.1. The summed E-state index contributed by atoms with van der Waals surface area (Å²) in [4.78, 5) is 63.2. The second kappa shape index (κ2) is 18.4. The van der Waals surface area contributed by atoms with Gasteiger partial charge in [0.25, 0.3) is 5.56 Å². The highest BCUT2D eigenvalue weighted by Gasteiger charge is 2.34. The summed E-state index contributed by atoms with van der Waals surface area (Å²) < 4.78 is 68.3. The van der Waals surface area contributed by atoms with E-state index in [1.165, 1.54) is 33.7 Å². The standard InChI is InChI=1S/C48H49F2N11O7S/c1-55-43-24-34(6-11-41(43)61(48(55)65)42-12-13-44(62)53-46(42)63)57-17-14-30(15-18-57)27-56-20-22-58(23-21-56)32-2-4-33(5-3-32)60-29-52-39-9-7-35(25-36(39)47(60)64)68-45-37(26-51)40(10-8-38(45)50)54-69(66,67)59-19-16-31(49)28-59/h2-11,24-25,29-31,42,54H,12-23,27-28H2,1H3,(H,53,62,63)/t31-,42?/m1/s1. The third-order valence-electron chi connectivity index (χ3n) is 13.8. The number of carbonyl (C=O) groups is 2. The second-order valence-corrected chi connectivity index (χ2v) is 19.7. The summed E-state index contributed by atoms with van der Waals surface area (Å²) in [7, 11) is -2.53. The molecular formula is C48H49F2N11O7S. The van der Waals surface area contributed by atoms with Crippen molar-refractivity contribution in [3.63, 3.8) is 0 Å². The average molecular weight is 962 g/mol. The van der Waals surface area contributed by atoms with Gasteiger partial charge in [-0.2, -0.15) is 18.0 Å². The minimum Gasteiger partial charge on any atom is -0.453 e. The Morgan fingerprint density at radius 3 is 2.28 bits per heavy atom. The molecule has 69 heavy (non-hydrogen) atoms. The molecule has 0 radical (unpaired) electrons. The molecule has 2 atom stereocenters. The molecular weight excluding hydrogens is 913 g/mol. The van der Waals surface area contributed by atoms with Crippen LogP contribution < -0.4 is 35.8 Å². The molecule has 0 spiro atoms. The van der Waals surface area contributed by atoms with Gasteiger partial charge in [-0.05, 0) is 104 Å². The molecule has 6 aromatic rings. The second-order valence-electron chi connectivity index (χ2n) is 18.0. The van der Waals surface area contributed by atoms with Crippen molar-refractivity contribution in [2.45, 2.75) is 44.3 Å². The maximum atomic E-state index is 15.2. The molecule has 1 unspecified atom stereocenters. The van der Waals surface area contributed by atoms with Gasteiger partial charge in [-0.25, -0.2) is 18.6 Å². The first-order valence-electron chi connectivity index (χ1n) is 23.0. The van der Waals surface area contributed by atoms with Gasteiger partial charge < -0.3 is 14.5 Å². The molecule has 10 rings (SSSR count). The Morgan fingerprint density at radius 1 is 0.841 bits per heavy atom. The lowest BCUT2D eigenvalue weighted by Gasteiger charge is -2.40. The molecule has 18 nitrogen and oxygen atoms in total. The van der Waals surface area contributed by atoms with Crippen LogP contribution in [-0.2, 0) is 26.8 Å². The van der Waals surface area contributed by atoms with Gasteiger partial charge in [0, 0.05) is 83.7 Å². The normalized spacial score (nSPS) is 19.9. The van der Waals surface area contributed by atoms with Crippen LogP contribution in [0.15, 0.2) is 88.7 Å². The van der Waals surface area contributed by atoms with Crippen LogP contribution in [0.4, 0.5) is 25.8 Å². The minimum absolute atomic E-state index is 0.0138. The molecule has 2 aromatic heterocycles. The predicted octanol–water partition coefficient (Wildman–Crippen LogP) is 4.56. The Bertz CT molecular complexity index is 3280. The number of fused-ring (bicyclic) bond motifs is 2. The van der Waals surface area contributed by atoms with Crippen LogP contribution in [0.5, 0.6) is 11.5 Å². The number of benzene rings is 4. The molecule has 2 amide bonds. The Labute approximate surface area is 395 Å². The van der Waals surface area contributed by atoms with Crippen molar-refractivity contribution in [2.24, 2.45) is 13.0 Å². The third-order valence-corrected chi connectivity index (χ3v) is 15.3. The smallest absolute Gasteiger partial charge is 0.329 e. The van der Waals surface area contributed by atoms with Crippen molar-refractivity contribution in [1.29, 1.82) is 5.26 Å². The molecule has 21 heteroatoms. The van der Waals surface area contributed by atoms with Gasteiger partial charge in [-0.1, -0.05) is 0 Å². The summed E-state index contributed by atoms with van der Waals surface area (Å²) in [5.41, 5.74) is 3.07. The molecule has 4 aliphatic rings. The first kappa shape index (κ1) is 45.6. The highest BCUT2D eigenvalue weighted by atomic mass is 32.2. The number of hydrogen-bond donors (Lipinski definition) is 2. The van der Waals surface area contributed by atoms with Crippen LogP contribution in [0, 0.1) is 23.1 Å². The van der Waals surface area contributed by atoms with E-state index in [1.54, 1.807) is 17.7 Å². The summed E-state index contributed by atoms with van der Waals surface area (Å²) in [6.45, 7) is 5.93. The van der Waals surface area contributed by atoms with Crippen molar-refractivity contribution in [3.8, 4) is 23.3 Å². The van der Waals surface area contributed by atoms with Gasteiger partial charge in [-0.3, -0.25) is 43.0 Å². The van der Waals surface area contributed by atoms with Gasteiger partial charge in [0.2, 0.25) is 11.8 Å². The van der Waals surface area contributed by atoms with Crippen molar-refractivity contribution in [1.82, 2.24) is 33.2 Å². The van der Waals surface area contributed by atoms with Crippen LogP contribution in [-0.4, -0.2) is 113 Å². The molecule has 2 N–H and O–H groups in total. The fourth-order valence-electron chi connectivity index (χ4n) is 9.96. The number of alkyl halides is 1. The van der Waals surface area contributed by atoms with Crippen LogP contribution >= 0.6 is 0 Å². The molecule has 358 valence electrons. The number of imide groups is 1. The van der Waals surface area contributed by atoms with Crippen LogP contribution in [0.1, 0.15) is 43.7 Å². The van der Waals surface area contributed by atoms with E-state index in [4.69, 9.17) is 4.74 Å². The molecule has 0 aliphatic carbocycles. The van der Waals surface area contributed by atoms with E-state index in [2.05, 4.69) is 29.7 Å². The third kappa shape index (κ3) is 8.90. The summed E-state index contributed by atoms with van der Waals surface area (Å²) in [5, 5.41) is 12.5. The fraction of sp³-hybridized carbons (Fsp3) is 0.375. The number of piperidine rings is 2. The van der Waals surface area contributed by atoms with Gasteiger partial charge in [0.1, 0.15) is 35.9 Å². The maximum absolute atomic E-state index is 15.2. The molecule has 4 saturated heterocycles. The van der Waals surface area contributed by atoms with E-state index in [9.17, 15) is 37.2 Å². The summed E-state index contributed by atoms with van der Waals surface area (Å²) >= 11 is 0. The molecule has 0 saturated carbocycles. The quantitative estimate of drug-likeness (QED) is 0.172. The number of aromatic nitrogens is 4. The van der Waals surface area contributed by atoms with Crippen molar-refractivity contribution >= 4 is 61.0 Å². The number of anilines is 3. The number of imidazole rings is 1. The number of carbonyl (C=O) groups excluding carboxylic acids is 2. The summed E-state index contributed by atoms with van der Waals surface area (Å²) in [5.74, 6) is -1.69. The lowest BCUT2D eigenvalue weighted by molar-refractivity contribution is -0.135. The molecule has 4 aromatic carbocycles. The van der Waals surface area contributed by atoms with Gasteiger partial charge in [-0.15, -0.1) is 0 Å². The van der Waals surface area contributed by atoms with E-state index in [0.717, 1.165) is 92.0 Å². The zero-order valence-electron chi connectivity index (χ0n) is 37.7. The largest absolute Gasteiger partial charge is 0.453 e. The number of nitrogens with zero attached hydrogens (tertiary/aromatic N) is 9. The monoisotopic (exact) mass is 961 g/mol. The SMILES string of the molecule is Cn1c(=O)n(C2CCC(=O)NC2=O)c2ccc(N3CCC(CN4CCN(c5ccc(-n6cnc7ccc(Oc8c(F)ccc(NS(=O)(=O)N9CC[C@@H](F)C9)c8C#N)cc7c6=O)cc5)CC4)CC3)cc21. The Hall–Kier alpha value is -7.15. The van der Waals surface area contributed by atoms with E-state index in [1.807, 2.05) is 42.5 Å². The number of rotatable bonds is 11. The van der Waals surface area contributed by atoms with Gasteiger partial charge >= 0.3 is 15.9 Å². The van der Waals surface area contributed by atoms with E-state index in [0.29, 0.717) is 29.1 Å². The molecule has 4 aliphatic heterocycles. The highest BCUT2D eigenvalue weighted by Crippen LogP contribution is 2.35. The molecule has 4 fully saturated rings. The number of nitriles is 1. The van der Waals surface area contributed by atoms with E-state index >= 15 is 4.39 Å². The Balaban J connectivity index is 0.747. The van der Waals surface area contributed by atoms with Crippen molar-refractivity contribution in [2.75, 3.05) is 73.4 Å². The molecule has 6 heterocycles. The van der Waals surface area contributed by atoms with Crippen LogP contribution in [0.25, 0.3) is 27.6 Å². The van der Waals surface area contributed by atoms with E-state index in [-0.39, 0.29) is 54.4 Å².